The Balaban J connectivity index is 2.35. The van der Waals surface area contributed by atoms with Crippen molar-refractivity contribution in [1.29, 1.82) is 0 Å². The molecule has 2 aromatic rings. The summed E-state index contributed by atoms with van der Waals surface area (Å²) in [4.78, 5) is 1.20. The predicted molar refractivity (Wildman–Crippen MR) is 82.0 cm³/mol. The van der Waals surface area contributed by atoms with Crippen LogP contribution in [0, 0.1) is 6.92 Å². The van der Waals surface area contributed by atoms with Crippen LogP contribution >= 0.6 is 11.8 Å². The van der Waals surface area contributed by atoms with Gasteiger partial charge in [0.15, 0.2) is 0 Å². The molecule has 2 nitrogen and oxygen atoms in total. The van der Waals surface area contributed by atoms with Crippen molar-refractivity contribution in [2.24, 2.45) is 5.73 Å². The molecule has 0 fully saturated rings. The first kappa shape index (κ1) is 14.0. The normalized spacial score (nSPS) is 10.5. The third-order valence-corrected chi connectivity index (χ3v) is 3.89. The van der Waals surface area contributed by atoms with Gasteiger partial charge >= 0.3 is 0 Å². The Morgan fingerprint density at radius 2 is 1.79 bits per heavy atom. The molecule has 0 unspecified atom stereocenters. The number of hydrogen-bond donors (Lipinski definition) is 1. The molecule has 0 saturated heterocycles. The third-order valence-electron chi connectivity index (χ3n) is 2.91. The molecule has 0 saturated carbocycles. The summed E-state index contributed by atoms with van der Waals surface area (Å²) < 4.78 is 6.02. The maximum absolute atomic E-state index is 6.02. The van der Waals surface area contributed by atoms with Gasteiger partial charge in [0.25, 0.3) is 0 Å². The lowest BCUT2D eigenvalue weighted by molar-refractivity contribution is 0.470. The lowest BCUT2D eigenvalue weighted by Gasteiger charge is -2.14. The Labute approximate surface area is 119 Å². The van der Waals surface area contributed by atoms with Gasteiger partial charge in [-0.15, -0.1) is 11.8 Å². The summed E-state index contributed by atoms with van der Waals surface area (Å²) in [6, 6.07) is 14.1. The molecule has 0 aromatic heterocycles. The minimum Gasteiger partial charge on any atom is -0.457 e. The van der Waals surface area contributed by atoms with Gasteiger partial charge < -0.3 is 10.5 Å². The van der Waals surface area contributed by atoms with Gasteiger partial charge in [-0.05, 0) is 36.4 Å². The number of para-hydroxylation sites is 1. The van der Waals surface area contributed by atoms with E-state index < -0.39 is 0 Å². The van der Waals surface area contributed by atoms with Crippen LogP contribution in [0.4, 0.5) is 0 Å². The van der Waals surface area contributed by atoms with Crippen molar-refractivity contribution in [3.63, 3.8) is 0 Å². The fourth-order valence-electron chi connectivity index (χ4n) is 1.92. The van der Waals surface area contributed by atoms with Crippen LogP contribution in [-0.4, -0.2) is 5.75 Å². The highest BCUT2D eigenvalue weighted by Gasteiger charge is 2.09. The van der Waals surface area contributed by atoms with E-state index in [4.69, 9.17) is 10.5 Å². The van der Waals surface area contributed by atoms with Crippen molar-refractivity contribution in [1.82, 2.24) is 0 Å². The highest BCUT2D eigenvalue weighted by Crippen LogP contribution is 2.33. The molecule has 100 valence electrons. The Hall–Kier alpha value is -1.45. The molecule has 2 N–H and O–H groups in total. The monoisotopic (exact) mass is 273 g/mol. The second-order valence-electron chi connectivity index (χ2n) is 4.24. The minimum atomic E-state index is 0.490. The number of nitrogens with two attached hydrogens (primary N) is 1. The summed E-state index contributed by atoms with van der Waals surface area (Å²) in [5.41, 5.74) is 8.09. The van der Waals surface area contributed by atoms with Crippen LogP contribution in [0.1, 0.15) is 18.1 Å². The van der Waals surface area contributed by atoms with E-state index in [-0.39, 0.29) is 0 Å². The summed E-state index contributed by atoms with van der Waals surface area (Å²) >= 11 is 1.80. The van der Waals surface area contributed by atoms with Gasteiger partial charge in [0.2, 0.25) is 0 Å². The largest absolute Gasteiger partial charge is 0.457 e. The second-order valence-corrected chi connectivity index (χ2v) is 5.54. The molecule has 0 bridgehead atoms. The van der Waals surface area contributed by atoms with Crippen molar-refractivity contribution in [3.8, 4) is 11.5 Å². The Morgan fingerprint density at radius 1 is 1.05 bits per heavy atom. The first-order chi connectivity index (χ1) is 9.26. The molecule has 2 aromatic carbocycles. The Kier molecular flexibility index (Phi) is 4.88. The Morgan fingerprint density at radius 3 is 2.47 bits per heavy atom. The fourth-order valence-corrected chi connectivity index (χ4v) is 2.77. The average Bonchev–Trinajstić information content (AvgIpc) is 2.42. The van der Waals surface area contributed by atoms with E-state index in [9.17, 15) is 0 Å². The zero-order valence-corrected chi connectivity index (χ0v) is 12.2. The van der Waals surface area contributed by atoms with Gasteiger partial charge in [0, 0.05) is 17.0 Å². The number of ether oxygens (including phenoxy) is 1. The molecule has 19 heavy (non-hydrogen) atoms. The maximum atomic E-state index is 6.02. The van der Waals surface area contributed by atoms with Gasteiger partial charge in [-0.25, -0.2) is 0 Å². The topological polar surface area (TPSA) is 35.2 Å². The smallest absolute Gasteiger partial charge is 0.133 e. The summed E-state index contributed by atoms with van der Waals surface area (Å²) in [6.45, 7) is 4.67. The summed E-state index contributed by atoms with van der Waals surface area (Å²) in [7, 11) is 0. The first-order valence-corrected chi connectivity index (χ1v) is 7.43. The van der Waals surface area contributed by atoms with E-state index in [0.717, 1.165) is 28.4 Å². The molecule has 0 aliphatic rings. The molecule has 0 radical (unpaired) electrons. The van der Waals surface area contributed by atoms with Gasteiger partial charge in [0.05, 0.1) is 0 Å². The molecule has 2 rings (SSSR count). The average molecular weight is 273 g/mol. The lowest BCUT2D eigenvalue weighted by atomic mass is 10.2. The van der Waals surface area contributed by atoms with Crippen LogP contribution in [0.2, 0.25) is 0 Å². The zero-order chi connectivity index (χ0) is 13.7. The molecule has 0 amide bonds. The van der Waals surface area contributed by atoms with E-state index in [1.54, 1.807) is 11.8 Å². The lowest BCUT2D eigenvalue weighted by Crippen LogP contribution is -2.02. The zero-order valence-electron chi connectivity index (χ0n) is 11.3. The summed E-state index contributed by atoms with van der Waals surface area (Å²) in [5, 5.41) is 0. The highest BCUT2D eigenvalue weighted by molar-refractivity contribution is 7.99. The Bertz CT molecular complexity index is 554. The molecular formula is C16H19NOS. The van der Waals surface area contributed by atoms with Gasteiger partial charge in [-0.2, -0.15) is 0 Å². The SMILES string of the molecule is CCSc1cccc(Oc2ccccc2C)c1CN. The van der Waals surface area contributed by atoms with Crippen LogP contribution in [0.15, 0.2) is 47.4 Å². The van der Waals surface area contributed by atoms with Crippen LogP contribution in [-0.2, 0) is 6.54 Å². The third kappa shape index (κ3) is 3.31. The standard InChI is InChI=1S/C16H19NOS/c1-3-19-16-10-6-9-15(13(16)11-17)18-14-8-5-4-7-12(14)2/h4-10H,3,11,17H2,1-2H3. The van der Waals surface area contributed by atoms with Crippen LogP contribution in [0.25, 0.3) is 0 Å². The quantitative estimate of drug-likeness (QED) is 0.822. The van der Waals surface area contributed by atoms with Gasteiger partial charge in [-0.3, -0.25) is 0 Å². The van der Waals surface area contributed by atoms with Crippen LogP contribution in [0.3, 0.4) is 0 Å². The molecule has 0 heterocycles. The van der Waals surface area contributed by atoms with E-state index in [2.05, 4.69) is 13.0 Å². The minimum absolute atomic E-state index is 0.490. The van der Waals surface area contributed by atoms with Crippen LogP contribution in [0.5, 0.6) is 11.5 Å². The van der Waals surface area contributed by atoms with Crippen molar-refractivity contribution in [2.75, 3.05) is 5.75 Å². The molecular weight excluding hydrogens is 254 g/mol. The number of benzene rings is 2. The van der Waals surface area contributed by atoms with Crippen molar-refractivity contribution in [2.45, 2.75) is 25.3 Å². The second kappa shape index (κ2) is 6.64. The number of thioether (sulfide) groups is 1. The highest BCUT2D eigenvalue weighted by atomic mass is 32.2. The van der Waals surface area contributed by atoms with Crippen molar-refractivity contribution in [3.05, 3.63) is 53.6 Å². The molecule has 0 spiro atoms. The maximum Gasteiger partial charge on any atom is 0.133 e. The van der Waals surface area contributed by atoms with E-state index in [1.807, 2.05) is 43.3 Å². The number of rotatable bonds is 5. The predicted octanol–water partition coefficient (Wildman–Crippen LogP) is 4.36. The van der Waals surface area contributed by atoms with Crippen molar-refractivity contribution < 1.29 is 4.74 Å². The number of hydrogen-bond acceptors (Lipinski definition) is 3. The molecule has 3 heteroatoms. The molecule has 0 aliphatic carbocycles. The first-order valence-electron chi connectivity index (χ1n) is 6.44. The number of aryl methyl sites for hydroxylation is 1. The van der Waals surface area contributed by atoms with Gasteiger partial charge in [0.1, 0.15) is 11.5 Å². The van der Waals surface area contributed by atoms with E-state index >= 15 is 0 Å². The van der Waals surface area contributed by atoms with Crippen molar-refractivity contribution >= 4 is 11.8 Å². The molecule has 0 aliphatic heterocycles. The summed E-state index contributed by atoms with van der Waals surface area (Å²) in [6.07, 6.45) is 0. The van der Waals surface area contributed by atoms with Gasteiger partial charge in [-0.1, -0.05) is 31.2 Å². The van der Waals surface area contributed by atoms with E-state index in [1.165, 1.54) is 4.90 Å². The fraction of sp³-hybridized carbons (Fsp3) is 0.250. The molecule has 0 atom stereocenters. The summed E-state index contributed by atoms with van der Waals surface area (Å²) in [5.74, 6) is 2.77. The van der Waals surface area contributed by atoms with Crippen LogP contribution < -0.4 is 10.5 Å². The van der Waals surface area contributed by atoms with E-state index in [0.29, 0.717) is 6.54 Å².